The summed E-state index contributed by atoms with van der Waals surface area (Å²) >= 11 is 0. The van der Waals surface area contributed by atoms with Gasteiger partial charge in [-0.2, -0.15) is 0 Å². The van der Waals surface area contributed by atoms with E-state index in [1.165, 1.54) is 19.3 Å². The first-order chi connectivity index (χ1) is 18.6. The van der Waals surface area contributed by atoms with Gasteiger partial charge < -0.3 is 20.1 Å². The van der Waals surface area contributed by atoms with Gasteiger partial charge in [0.1, 0.15) is 11.5 Å². The van der Waals surface area contributed by atoms with Gasteiger partial charge in [-0.3, -0.25) is 0 Å². The number of anilines is 3. The molecule has 2 heterocycles. The second-order valence-electron chi connectivity index (χ2n) is 10.1. The minimum Gasteiger partial charge on any atom is -0.456 e. The molecule has 5 nitrogen and oxygen atoms in total. The Kier molecular flexibility index (Phi) is 6.28. The zero-order chi connectivity index (χ0) is 26.1. The van der Waals surface area contributed by atoms with E-state index in [1.54, 1.807) is 0 Å². The predicted molar refractivity (Wildman–Crippen MR) is 152 cm³/mol. The van der Waals surface area contributed by atoms with Crippen LogP contribution in [0, 0.1) is 6.92 Å². The molecule has 4 aromatic rings. The van der Waals surface area contributed by atoms with Crippen molar-refractivity contribution in [1.29, 1.82) is 0 Å². The lowest BCUT2D eigenvalue weighted by molar-refractivity contribution is 0.0224. The predicted octanol–water partition coefficient (Wildman–Crippen LogP) is 8.30. The van der Waals surface area contributed by atoms with Crippen LogP contribution < -0.4 is 15.4 Å². The second-order valence-corrected chi connectivity index (χ2v) is 10.1. The van der Waals surface area contributed by atoms with Gasteiger partial charge in [0.05, 0.1) is 5.56 Å². The highest BCUT2D eigenvalue weighted by Crippen LogP contribution is 2.57. The molecule has 0 aromatic heterocycles. The maximum absolute atomic E-state index is 13.2. The number of unbranched alkanes of at least 4 members (excludes halogenated alkanes) is 3. The zero-order valence-corrected chi connectivity index (χ0v) is 21.8. The Morgan fingerprint density at radius 1 is 0.763 bits per heavy atom. The van der Waals surface area contributed by atoms with E-state index in [2.05, 4.69) is 36.6 Å². The number of aryl methyl sites for hydroxylation is 1. The van der Waals surface area contributed by atoms with Gasteiger partial charge in [0.25, 0.3) is 0 Å². The third-order valence-corrected chi connectivity index (χ3v) is 7.47. The van der Waals surface area contributed by atoms with Gasteiger partial charge in [0.15, 0.2) is 5.60 Å². The fourth-order valence-electron chi connectivity index (χ4n) is 5.53. The van der Waals surface area contributed by atoms with Crippen molar-refractivity contribution < 1.29 is 14.3 Å². The molecule has 38 heavy (non-hydrogen) atoms. The average molecular weight is 505 g/mol. The van der Waals surface area contributed by atoms with Crippen LogP contribution >= 0.6 is 0 Å². The van der Waals surface area contributed by atoms with E-state index in [1.807, 2.05) is 72.8 Å². The molecule has 1 atom stereocenters. The minimum atomic E-state index is -1.09. The first kappa shape index (κ1) is 24.1. The van der Waals surface area contributed by atoms with Crippen molar-refractivity contribution in [2.45, 2.75) is 45.1 Å². The molecule has 5 heteroatoms. The number of carbonyl (C=O) groups is 1. The lowest BCUT2D eigenvalue weighted by Crippen LogP contribution is -2.33. The number of carbonyl (C=O) groups excluding carboxylic acids is 1. The number of ether oxygens (including phenoxy) is 2. The molecule has 192 valence electrons. The van der Waals surface area contributed by atoms with E-state index in [4.69, 9.17) is 9.47 Å². The molecule has 1 spiro atoms. The normalized spacial score (nSPS) is 16.7. The molecule has 0 saturated heterocycles. The Hall–Kier alpha value is -4.25. The standard InChI is InChI=1S/C33H32N2O3/c1-3-4-5-11-18-34-24-16-17-27-31(20-24)37-30-19-22(2)29(35-23-12-7-6-8-13-23)21-28(30)33(27)26-15-10-9-14-25(26)32(36)38-33/h6-10,12-17,19-21,34-35H,3-5,11,18H2,1-2H3. The zero-order valence-electron chi connectivity index (χ0n) is 21.8. The topological polar surface area (TPSA) is 59.6 Å². The summed E-state index contributed by atoms with van der Waals surface area (Å²) in [4.78, 5) is 13.2. The molecule has 0 aliphatic carbocycles. The van der Waals surface area contributed by atoms with Gasteiger partial charge in [0.2, 0.25) is 0 Å². The molecule has 2 N–H and O–H groups in total. The van der Waals surface area contributed by atoms with Crippen molar-refractivity contribution in [2.75, 3.05) is 17.2 Å². The van der Waals surface area contributed by atoms with E-state index in [0.717, 1.165) is 52.3 Å². The van der Waals surface area contributed by atoms with Crippen LogP contribution in [0.15, 0.2) is 84.9 Å². The van der Waals surface area contributed by atoms with E-state index < -0.39 is 5.60 Å². The number of hydrogen-bond donors (Lipinski definition) is 2. The van der Waals surface area contributed by atoms with Gasteiger partial charge in [-0.25, -0.2) is 4.79 Å². The third-order valence-electron chi connectivity index (χ3n) is 7.47. The van der Waals surface area contributed by atoms with Crippen molar-refractivity contribution in [1.82, 2.24) is 0 Å². The SMILES string of the molecule is CCCCCCNc1ccc2c(c1)Oc1cc(C)c(Nc3ccccc3)cc1C21OC(=O)c2ccccc21. The molecule has 4 aromatic carbocycles. The molecule has 0 bridgehead atoms. The quantitative estimate of drug-likeness (QED) is 0.187. The molecule has 0 radical (unpaired) electrons. The number of nitrogens with one attached hydrogen (secondary N) is 2. The van der Waals surface area contributed by atoms with Crippen LogP contribution in [0.4, 0.5) is 17.1 Å². The second kappa shape index (κ2) is 9.90. The van der Waals surface area contributed by atoms with Crippen molar-refractivity contribution >= 4 is 23.0 Å². The highest BCUT2D eigenvalue weighted by atomic mass is 16.6. The first-order valence-corrected chi connectivity index (χ1v) is 13.5. The third kappa shape index (κ3) is 4.08. The number of benzene rings is 4. The maximum atomic E-state index is 13.2. The van der Waals surface area contributed by atoms with E-state index in [0.29, 0.717) is 17.1 Å². The monoisotopic (exact) mass is 504 g/mol. The fourth-order valence-corrected chi connectivity index (χ4v) is 5.53. The molecule has 0 fully saturated rings. The molecule has 1 unspecified atom stereocenters. The summed E-state index contributed by atoms with van der Waals surface area (Å²) in [5.74, 6) is 1.07. The van der Waals surface area contributed by atoms with E-state index in [9.17, 15) is 4.79 Å². The first-order valence-electron chi connectivity index (χ1n) is 13.5. The smallest absolute Gasteiger partial charge is 0.340 e. The summed E-state index contributed by atoms with van der Waals surface area (Å²) in [5.41, 5.74) is 5.93. The largest absolute Gasteiger partial charge is 0.456 e. The van der Waals surface area contributed by atoms with E-state index in [-0.39, 0.29) is 5.97 Å². The summed E-state index contributed by atoms with van der Waals surface area (Å²) in [6, 6.07) is 27.9. The molecular formula is C33H32N2O3. The minimum absolute atomic E-state index is 0.323. The van der Waals surface area contributed by atoms with Crippen LogP contribution in [0.5, 0.6) is 11.5 Å². The maximum Gasteiger partial charge on any atom is 0.340 e. The van der Waals surface area contributed by atoms with Crippen molar-refractivity contribution in [3.05, 3.63) is 113 Å². The summed E-state index contributed by atoms with van der Waals surface area (Å²) < 4.78 is 12.9. The van der Waals surface area contributed by atoms with Crippen molar-refractivity contribution in [2.24, 2.45) is 0 Å². The Morgan fingerprint density at radius 3 is 2.39 bits per heavy atom. The number of hydrogen-bond acceptors (Lipinski definition) is 5. The Morgan fingerprint density at radius 2 is 1.55 bits per heavy atom. The average Bonchev–Trinajstić information content (AvgIpc) is 3.23. The number of fused-ring (bicyclic) bond motifs is 6. The number of rotatable bonds is 8. The van der Waals surface area contributed by atoms with E-state index >= 15 is 0 Å². The Labute approximate surface area is 223 Å². The van der Waals surface area contributed by atoms with Crippen molar-refractivity contribution in [3.8, 4) is 11.5 Å². The van der Waals surface area contributed by atoms with Crippen LogP contribution in [0.1, 0.15) is 65.2 Å². The molecule has 2 aliphatic heterocycles. The van der Waals surface area contributed by atoms with Crippen LogP contribution in [-0.4, -0.2) is 12.5 Å². The summed E-state index contributed by atoms with van der Waals surface area (Å²) in [6.45, 7) is 5.18. The fraction of sp³-hybridized carbons (Fsp3) is 0.242. The Balaban J connectivity index is 1.45. The van der Waals surface area contributed by atoms with Crippen LogP contribution in [-0.2, 0) is 10.3 Å². The summed E-state index contributed by atoms with van der Waals surface area (Å²) in [7, 11) is 0. The molecule has 0 saturated carbocycles. The Bertz CT molecular complexity index is 1500. The summed E-state index contributed by atoms with van der Waals surface area (Å²) in [6.07, 6.45) is 4.81. The van der Waals surface area contributed by atoms with Gasteiger partial charge in [-0.15, -0.1) is 0 Å². The molecule has 2 aliphatic rings. The molecule has 0 amide bonds. The van der Waals surface area contributed by atoms with Gasteiger partial charge in [-0.1, -0.05) is 62.6 Å². The van der Waals surface area contributed by atoms with Gasteiger partial charge >= 0.3 is 5.97 Å². The highest BCUT2D eigenvalue weighted by Gasteiger charge is 2.53. The van der Waals surface area contributed by atoms with Crippen LogP contribution in [0.3, 0.4) is 0 Å². The van der Waals surface area contributed by atoms with Gasteiger partial charge in [-0.05, 0) is 61.4 Å². The van der Waals surface area contributed by atoms with Crippen molar-refractivity contribution in [3.63, 3.8) is 0 Å². The molecule has 6 rings (SSSR count). The number of para-hydroxylation sites is 1. The lowest BCUT2D eigenvalue weighted by Gasteiger charge is -2.37. The van der Waals surface area contributed by atoms with Crippen LogP contribution in [0.25, 0.3) is 0 Å². The highest BCUT2D eigenvalue weighted by molar-refractivity contribution is 5.97. The molecular weight excluding hydrogens is 472 g/mol. The van der Waals surface area contributed by atoms with Gasteiger partial charge in [0, 0.05) is 46.4 Å². The summed E-state index contributed by atoms with van der Waals surface area (Å²) in [5, 5.41) is 7.06. The van der Waals surface area contributed by atoms with Crippen LogP contribution in [0.2, 0.25) is 0 Å². The lowest BCUT2D eigenvalue weighted by atomic mass is 9.77. The number of esters is 1.